The van der Waals surface area contributed by atoms with E-state index in [1.165, 1.54) is 11.0 Å². The van der Waals surface area contributed by atoms with E-state index in [-0.39, 0.29) is 5.54 Å². The van der Waals surface area contributed by atoms with Crippen molar-refractivity contribution in [3.05, 3.63) is 17.2 Å². The maximum absolute atomic E-state index is 2.43. The summed E-state index contributed by atoms with van der Waals surface area (Å²) in [4.78, 5) is 0. The van der Waals surface area contributed by atoms with Crippen molar-refractivity contribution in [2.24, 2.45) is 6.82 Å². The fourth-order valence-corrected chi connectivity index (χ4v) is 1.73. The molecule has 1 nitrogen and oxygen atoms in total. The third-order valence-corrected chi connectivity index (χ3v) is 2.77. The first kappa shape index (κ1) is 9.56. The highest BCUT2D eigenvalue weighted by molar-refractivity contribution is 6.47. The summed E-state index contributed by atoms with van der Waals surface area (Å²) in [7, 11) is 0. The molecule has 12 heavy (non-hydrogen) atoms. The first-order valence-electron chi connectivity index (χ1n) is 4.64. The zero-order valence-corrected chi connectivity index (χ0v) is 9.10. The van der Waals surface area contributed by atoms with E-state index in [0.29, 0.717) is 6.49 Å². The van der Waals surface area contributed by atoms with Crippen LogP contribution in [0.3, 0.4) is 0 Å². The van der Waals surface area contributed by atoms with Gasteiger partial charge < -0.3 is 4.47 Å². The number of hydrogen-bond acceptors (Lipinski definition) is 0. The highest BCUT2D eigenvalue weighted by Crippen LogP contribution is 2.17. The van der Waals surface area contributed by atoms with Gasteiger partial charge in [-0.25, -0.2) is 5.46 Å². The first-order valence-corrected chi connectivity index (χ1v) is 4.64. The summed E-state index contributed by atoms with van der Waals surface area (Å²) in [5.74, 6) is 0. The third-order valence-electron chi connectivity index (χ3n) is 2.77. The van der Waals surface area contributed by atoms with Crippen LogP contribution in [0.25, 0.3) is 0 Å². The lowest BCUT2D eigenvalue weighted by atomic mass is 9.72. The molecule has 0 aliphatic heterocycles. The molecule has 0 unspecified atom stereocenters. The van der Waals surface area contributed by atoms with E-state index in [9.17, 15) is 0 Å². The molecule has 0 saturated heterocycles. The van der Waals surface area contributed by atoms with Gasteiger partial charge in [-0.2, -0.15) is 6.82 Å². The van der Waals surface area contributed by atoms with Crippen LogP contribution in [-0.2, 0) is 12.4 Å². The zero-order chi connectivity index (χ0) is 9.52. The second kappa shape index (κ2) is 2.76. The van der Waals surface area contributed by atoms with Crippen LogP contribution in [-0.4, -0.2) is 11.0 Å². The summed E-state index contributed by atoms with van der Waals surface area (Å²) >= 11 is 0. The minimum absolute atomic E-state index is 0.248. The quantitative estimate of drug-likeness (QED) is 0.554. The Balaban J connectivity index is 3.28. The van der Waals surface area contributed by atoms with Crippen LogP contribution >= 0.6 is 0 Å². The molecule has 1 aromatic rings. The highest BCUT2D eigenvalue weighted by atomic mass is 15.0. The van der Waals surface area contributed by atoms with Gasteiger partial charge in [0.15, 0.2) is 0 Å². The summed E-state index contributed by atoms with van der Waals surface area (Å²) in [5.41, 5.74) is 3.18. The molecule has 0 N–H and O–H groups in total. The number of aromatic nitrogens is 1. The molecule has 0 radical (unpaired) electrons. The Hall–Kier alpha value is -0.525. The normalized spacial score (nSPS) is 12.2. The molecule has 68 valence electrons. The lowest BCUT2D eigenvalue weighted by Gasteiger charge is -2.32. The molecular formula is C10H19BN-. The molecule has 2 heteroatoms. The van der Waals surface area contributed by atoms with Crippen LogP contribution in [0, 0.1) is 13.8 Å². The van der Waals surface area contributed by atoms with Crippen molar-refractivity contribution in [2.75, 3.05) is 0 Å². The number of rotatable bonds is 0. The van der Waals surface area contributed by atoms with E-state index < -0.39 is 0 Å². The molecule has 0 amide bonds. The molecule has 0 spiro atoms. The summed E-state index contributed by atoms with van der Waals surface area (Å²) in [6.07, 6.45) is 2.28. The van der Waals surface area contributed by atoms with E-state index in [1.807, 2.05) is 0 Å². The van der Waals surface area contributed by atoms with E-state index in [1.54, 1.807) is 0 Å². The predicted molar refractivity (Wildman–Crippen MR) is 55.8 cm³/mol. The van der Waals surface area contributed by atoms with Gasteiger partial charge in [-0.3, -0.25) is 0 Å². The Labute approximate surface area is 75.9 Å². The first-order chi connectivity index (χ1) is 5.34. The van der Waals surface area contributed by atoms with Gasteiger partial charge in [0.25, 0.3) is 0 Å². The summed E-state index contributed by atoms with van der Waals surface area (Å²) in [6.45, 7) is 14.0. The lowest BCUT2D eigenvalue weighted by molar-refractivity contribution is 0.421. The zero-order valence-electron chi connectivity index (χ0n) is 9.10. The lowest BCUT2D eigenvalue weighted by Crippen LogP contribution is -2.27. The predicted octanol–water partition coefficient (Wildman–Crippen LogP) is 2.42. The van der Waals surface area contributed by atoms with E-state index in [4.69, 9.17) is 0 Å². The van der Waals surface area contributed by atoms with E-state index >= 15 is 0 Å². The van der Waals surface area contributed by atoms with Gasteiger partial charge in [-0.15, -0.1) is 0 Å². The van der Waals surface area contributed by atoms with Gasteiger partial charge in [0.2, 0.25) is 0 Å². The minimum atomic E-state index is 0.248. The smallest absolute Gasteiger partial charge is 0.00706 e. The maximum atomic E-state index is 2.43. The van der Waals surface area contributed by atoms with Crippen LogP contribution in [0.5, 0.6) is 0 Å². The Bertz CT molecular complexity index is 292. The Morgan fingerprint density at radius 1 is 1.25 bits per heavy atom. The van der Waals surface area contributed by atoms with Crippen LogP contribution < -0.4 is 0 Å². The molecule has 0 aliphatic rings. The fourth-order valence-electron chi connectivity index (χ4n) is 1.73. The minimum Gasteiger partial charge on any atom is -0.561 e. The summed E-state index contributed by atoms with van der Waals surface area (Å²) in [6, 6.07) is 0. The molecule has 1 rings (SSSR count). The van der Waals surface area contributed by atoms with Crippen LogP contribution in [0.1, 0.15) is 31.8 Å². The topological polar surface area (TPSA) is 4.93 Å². The van der Waals surface area contributed by atoms with Crippen molar-refractivity contribution in [3.63, 3.8) is 0 Å². The van der Waals surface area contributed by atoms with Gasteiger partial charge in [0.1, 0.15) is 0 Å². The molecule has 0 fully saturated rings. The second-order valence-corrected chi connectivity index (χ2v) is 4.75. The fraction of sp³-hybridized carbons (Fsp3) is 0.700. The van der Waals surface area contributed by atoms with Crippen molar-refractivity contribution in [3.8, 4) is 0 Å². The monoisotopic (exact) mass is 164 g/mol. The van der Waals surface area contributed by atoms with E-state index in [2.05, 4.69) is 52.1 Å². The Morgan fingerprint density at radius 3 is 1.92 bits per heavy atom. The highest BCUT2D eigenvalue weighted by Gasteiger charge is 2.08. The number of aryl methyl sites for hydroxylation is 1. The summed E-state index contributed by atoms with van der Waals surface area (Å²) < 4.78 is 2.43. The van der Waals surface area contributed by atoms with Crippen LogP contribution in [0.2, 0.25) is 0 Å². The Kier molecular flexibility index (Phi) is 2.20. The SMILES string of the molecule is C[b-]1c(C)c(C)cn1C(C)(C)C. The molecule has 1 aromatic heterocycles. The third kappa shape index (κ3) is 1.48. The molecular weight excluding hydrogens is 145 g/mol. The second-order valence-electron chi connectivity index (χ2n) is 4.75. The molecule has 0 aliphatic carbocycles. The van der Waals surface area contributed by atoms with Crippen LogP contribution in [0.15, 0.2) is 6.20 Å². The van der Waals surface area contributed by atoms with Crippen molar-refractivity contribution in [2.45, 2.75) is 40.2 Å². The molecule has 0 saturated carbocycles. The average Bonchev–Trinajstić information content (AvgIpc) is 2.15. The number of nitrogens with zero attached hydrogens (tertiary/aromatic N) is 1. The molecule has 0 atom stereocenters. The standard InChI is InChI=1S/C10H19BN/c1-8-7-12(10(3,4)5)11(6)9(8)2/h7H,1-6H3/q-1. The van der Waals surface area contributed by atoms with Crippen molar-refractivity contribution in [1.29, 1.82) is 0 Å². The summed E-state index contributed by atoms with van der Waals surface area (Å²) in [5, 5.41) is 0. The average molecular weight is 164 g/mol. The van der Waals surface area contributed by atoms with Gasteiger partial charge in [0.05, 0.1) is 0 Å². The van der Waals surface area contributed by atoms with Gasteiger partial charge >= 0.3 is 0 Å². The van der Waals surface area contributed by atoms with Gasteiger partial charge in [-0.05, 0) is 45.9 Å². The van der Waals surface area contributed by atoms with Gasteiger partial charge in [0, 0.05) is 0 Å². The Morgan fingerprint density at radius 2 is 1.75 bits per heavy atom. The largest absolute Gasteiger partial charge is 0.561 e. The van der Waals surface area contributed by atoms with E-state index in [0.717, 1.165) is 0 Å². The molecule has 0 bridgehead atoms. The molecule has 1 heterocycles. The maximum Gasteiger partial charge on any atom is -0.00706 e. The van der Waals surface area contributed by atoms with Gasteiger partial charge in [-0.1, -0.05) is 12.5 Å². The number of hydrogen-bond donors (Lipinski definition) is 0. The van der Waals surface area contributed by atoms with Crippen molar-refractivity contribution < 1.29 is 0 Å². The van der Waals surface area contributed by atoms with Crippen LogP contribution in [0.4, 0.5) is 0 Å². The molecule has 0 aromatic carbocycles. The van der Waals surface area contributed by atoms with Crippen molar-refractivity contribution in [1.82, 2.24) is 4.47 Å². The van der Waals surface area contributed by atoms with Crippen molar-refractivity contribution >= 4 is 6.49 Å².